The molecule has 1 aromatic heterocycles. The lowest BCUT2D eigenvalue weighted by Gasteiger charge is -2.14. The third kappa shape index (κ3) is 5.72. The van der Waals surface area contributed by atoms with Gasteiger partial charge in [-0.2, -0.15) is 0 Å². The third-order valence-corrected chi connectivity index (χ3v) is 6.06. The summed E-state index contributed by atoms with van der Waals surface area (Å²) in [6.07, 6.45) is 0. The van der Waals surface area contributed by atoms with Crippen molar-refractivity contribution in [2.24, 2.45) is 10.1 Å². The largest absolute Gasteiger partial charge is 0.494 e. The average Bonchev–Trinajstić information content (AvgIpc) is 3.06. The lowest BCUT2D eigenvalue weighted by molar-refractivity contribution is 0.336. The highest BCUT2D eigenvalue weighted by Crippen LogP contribution is 2.21. The van der Waals surface area contributed by atoms with E-state index < -0.39 is 10.0 Å². The van der Waals surface area contributed by atoms with E-state index >= 15 is 0 Å². The Morgan fingerprint density at radius 2 is 1.96 bits per heavy atom. The Kier molecular flexibility index (Phi) is 7.01. The van der Waals surface area contributed by atoms with Gasteiger partial charge in [0.15, 0.2) is 5.96 Å². The first kappa shape index (κ1) is 20.2. The highest BCUT2D eigenvalue weighted by atomic mass is 32.2. The SMILES string of the molecule is CCOc1cc(C)ccc1CNC(=NC)NCc1ccc(S(N)(=O)=O)s1. The van der Waals surface area contributed by atoms with E-state index in [1.165, 1.54) is 6.07 Å². The Hall–Kier alpha value is -2.10. The predicted molar refractivity (Wildman–Crippen MR) is 105 cm³/mol. The molecule has 2 aromatic rings. The minimum Gasteiger partial charge on any atom is -0.494 e. The van der Waals surface area contributed by atoms with Gasteiger partial charge in [-0.25, -0.2) is 13.6 Å². The molecule has 0 spiro atoms. The molecule has 1 heterocycles. The molecular formula is C17H24N4O3S2. The van der Waals surface area contributed by atoms with Gasteiger partial charge >= 0.3 is 0 Å². The van der Waals surface area contributed by atoms with E-state index in [1.54, 1.807) is 13.1 Å². The maximum atomic E-state index is 11.3. The lowest BCUT2D eigenvalue weighted by Crippen LogP contribution is -2.36. The molecule has 0 aliphatic carbocycles. The van der Waals surface area contributed by atoms with Gasteiger partial charge in [0.1, 0.15) is 9.96 Å². The molecule has 7 nitrogen and oxygen atoms in total. The zero-order valence-electron chi connectivity index (χ0n) is 15.1. The smallest absolute Gasteiger partial charge is 0.247 e. The molecule has 26 heavy (non-hydrogen) atoms. The maximum absolute atomic E-state index is 11.3. The molecule has 0 amide bonds. The van der Waals surface area contributed by atoms with Crippen molar-refractivity contribution in [2.45, 2.75) is 31.1 Å². The van der Waals surface area contributed by atoms with Crippen LogP contribution in [-0.2, 0) is 23.1 Å². The molecule has 0 fully saturated rings. The van der Waals surface area contributed by atoms with E-state index in [9.17, 15) is 8.42 Å². The number of ether oxygens (including phenoxy) is 1. The van der Waals surface area contributed by atoms with Gasteiger partial charge in [-0.15, -0.1) is 11.3 Å². The van der Waals surface area contributed by atoms with Crippen molar-refractivity contribution < 1.29 is 13.2 Å². The van der Waals surface area contributed by atoms with Crippen LogP contribution in [0.2, 0.25) is 0 Å². The molecule has 0 atom stereocenters. The summed E-state index contributed by atoms with van der Waals surface area (Å²) in [5.74, 6) is 1.46. The fourth-order valence-corrected chi connectivity index (χ4v) is 3.99. The van der Waals surface area contributed by atoms with Gasteiger partial charge in [0.2, 0.25) is 10.0 Å². The number of primary sulfonamides is 1. The lowest BCUT2D eigenvalue weighted by atomic mass is 10.1. The molecule has 9 heteroatoms. The van der Waals surface area contributed by atoms with Crippen molar-refractivity contribution in [3.05, 3.63) is 46.3 Å². The molecule has 0 unspecified atom stereocenters. The number of thiophene rings is 1. The summed E-state index contributed by atoms with van der Waals surface area (Å²) in [5, 5.41) is 11.5. The highest BCUT2D eigenvalue weighted by molar-refractivity contribution is 7.91. The molecule has 1 aromatic carbocycles. The van der Waals surface area contributed by atoms with Crippen molar-refractivity contribution in [3.8, 4) is 5.75 Å². The molecule has 2 rings (SSSR count). The van der Waals surface area contributed by atoms with E-state index in [2.05, 4.69) is 15.6 Å². The number of guanidine groups is 1. The molecule has 0 saturated carbocycles. The van der Waals surface area contributed by atoms with Gasteiger partial charge in [-0.05, 0) is 37.6 Å². The van der Waals surface area contributed by atoms with Gasteiger partial charge in [-0.1, -0.05) is 12.1 Å². The Balaban J connectivity index is 1.95. The number of benzene rings is 1. The van der Waals surface area contributed by atoms with E-state index in [4.69, 9.17) is 9.88 Å². The second kappa shape index (κ2) is 9.02. The molecule has 4 N–H and O–H groups in total. The topological polar surface area (TPSA) is 106 Å². The Labute approximate surface area is 158 Å². The van der Waals surface area contributed by atoms with Gasteiger partial charge in [-0.3, -0.25) is 4.99 Å². The fraction of sp³-hybridized carbons (Fsp3) is 0.353. The van der Waals surface area contributed by atoms with Crippen molar-refractivity contribution >= 4 is 27.3 Å². The van der Waals surface area contributed by atoms with Crippen LogP contribution in [0.25, 0.3) is 0 Å². The van der Waals surface area contributed by atoms with Gasteiger partial charge in [0.25, 0.3) is 0 Å². The number of hydrogen-bond donors (Lipinski definition) is 3. The molecule has 142 valence electrons. The Morgan fingerprint density at radius 1 is 1.23 bits per heavy atom. The van der Waals surface area contributed by atoms with Gasteiger partial charge in [0.05, 0.1) is 13.2 Å². The number of nitrogens with one attached hydrogen (secondary N) is 2. The zero-order chi connectivity index (χ0) is 19.2. The van der Waals surface area contributed by atoms with E-state index in [1.807, 2.05) is 32.0 Å². The summed E-state index contributed by atoms with van der Waals surface area (Å²) in [6.45, 7) is 5.59. The van der Waals surface area contributed by atoms with Crippen LogP contribution in [0.3, 0.4) is 0 Å². The molecule has 0 aliphatic heterocycles. The third-order valence-electron chi connectivity index (χ3n) is 3.54. The standard InChI is InChI=1S/C17H24N4O3S2/c1-4-24-15-9-12(2)5-6-13(15)10-20-17(19-3)21-11-14-7-8-16(25-14)26(18,22)23/h5-9H,4,10-11H2,1-3H3,(H2,18,22,23)(H2,19,20,21). The number of rotatable bonds is 7. The number of sulfonamides is 1. The van der Waals surface area contributed by atoms with Crippen molar-refractivity contribution in [2.75, 3.05) is 13.7 Å². The van der Waals surface area contributed by atoms with E-state index in [0.717, 1.165) is 33.1 Å². The number of aryl methyl sites for hydroxylation is 1. The van der Waals surface area contributed by atoms with Gasteiger partial charge in [0, 0.05) is 24.0 Å². The van der Waals surface area contributed by atoms with Crippen LogP contribution in [0.4, 0.5) is 0 Å². The second-order valence-electron chi connectivity index (χ2n) is 5.59. The van der Waals surface area contributed by atoms with Crippen LogP contribution in [0.5, 0.6) is 5.75 Å². The minimum absolute atomic E-state index is 0.151. The molecule has 0 aliphatic rings. The van der Waals surface area contributed by atoms with Crippen molar-refractivity contribution in [1.29, 1.82) is 0 Å². The van der Waals surface area contributed by atoms with Crippen LogP contribution in [0.1, 0.15) is 22.9 Å². The van der Waals surface area contributed by atoms with Crippen LogP contribution in [0, 0.1) is 6.92 Å². The summed E-state index contributed by atoms with van der Waals surface area (Å²) >= 11 is 1.14. The number of aliphatic imine (C=N–C) groups is 1. The Morgan fingerprint density at radius 3 is 2.58 bits per heavy atom. The van der Waals surface area contributed by atoms with Crippen LogP contribution in [0.15, 0.2) is 39.5 Å². The molecular weight excluding hydrogens is 372 g/mol. The quantitative estimate of drug-likeness (QED) is 0.490. The second-order valence-corrected chi connectivity index (χ2v) is 8.55. The van der Waals surface area contributed by atoms with Crippen LogP contribution in [-0.4, -0.2) is 28.0 Å². The fourth-order valence-electron chi connectivity index (χ4n) is 2.27. The molecule has 0 saturated heterocycles. The Bertz CT molecular complexity index is 876. The monoisotopic (exact) mass is 396 g/mol. The van der Waals surface area contributed by atoms with E-state index in [0.29, 0.717) is 25.7 Å². The first-order valence-electron chi connectivity index (χ1n) is 8.12. The normalized spacial score (nSPS) is 12.1. The first-order chi connectivity index (χ1) is 12.3. The summed E-state index contributed by atoms with van der Waals surface area (Å²) in [6, 6.07) is 9.32. The first-order valence-corrected chi connectivity index (χ1v) is 10.5. The predicted octanol–water partition coefficient (Wildman–Crippen LogP) is 1.97. The maximum Gasteiger partial charge on any atom is 0.247 e. The summed E-state index contributed by atoms with van der Waals surface area (Å²) in [5.41, 5.74) is 2.18. The van der Waals surface area contributed by atoms with Crippen LogP contribution < -0.4 is 20.5 Å². The summed E-state index contributed by atoms with van der Waals surface area (Å²) in [7, 11) is -1.98. The van der Waals surface area contributed by atoms with Crippen molar-refractivity contribution in [3.63, 3.8) is 0 Å². The average molecular weight is 397 g/mol. The number of nitrogens with zero attached hydrogens (tertiary/aromatic N) is 1. The highest BCUT2D eigenvalue weighted by Gasteiger charge is 2.11. The number of nitrogens with two attached hydrogens (primary N) is 1. The minimum atomic E-state index is -3.66. The van der Waals surface area contributed by atoms with Crippen LogP contribution >= 0.6 is 11.3 Å². The summed E-state index contributed by atoms with van der Waals surface area (Å²) < 4.78 is 28.5. The number of hydrogen-bond acceptors (Lipinski definition) is 5. The summed E-state index contributed by atoms with van der Waals surface area (Å²) in [4.78, 5) is 5.03. The van der Waals surface area contributed by atoms with Crippen molar-refractivity contribution in [1.82, 2.24) is 10.6 Å². The molecule has 0 bridgehead atoms. The molecule has 0 radical (unpaired) electrons. The zero-order valence-corrected chi connectivity index (χ0v) is 16.7. The van der Waals surface area contributed by atoms with E-state index in [-0.39, 0.29) is 4.21 Å². The van der Waals surface area contributed by atoms with Gasteiger partial charge < -0.3 is 15.4 Å².